The Balaban J connectivity index is 1.94. The standard InChI is InChI=1S/C19H20ClN3O2/c1-13(12-15-4-10-18(25-3)11-5-15)22-23-14(2)21-19(24)16-6-8-17(20)9-7-16/h4-11H,12H2,1-3H3,(H,21,23,24)/b22-13+. The summed E-state index contributed by atoms with van der Waals surface area (Å²) in [7, 11) is 1.64. The van der Waals surface area contributed by atoms with Gasteiger partial charge < -0.3 is 10.1 Å². The van der Waals surface area contributed by atoms with Gasteiger partial charge in [0.25, 0.3) is 5.91 Å². The van der Waals surface area contributed by atoms with Crippen molar-refractivity contribution in [3.05, 3.63) is 64.7 Å². The lowest BCUT2D eigenvalue weighted by molar-refractivity contribution is 0.0977. The largest absolute Gasteiger partial charge is 0.497 e. The zero-order valence-corrected chi connectivity index (χ0v) is 15.2. The number of amides is 1. The summed E-state index contributed by atoms with van der Waals surface area (Å²) < 4.78 is 5.13. The predicted molar refractivity (Wildman–Crippen MR) is 102 cm³/mol. The van der Waals surface area contributed by atoms with E-state index in [4.69, 9.17) is 16.3 Å². The predicted octanol–water partition coefficient (Wildman–Crippen LogP) is 4.12. The molecule has 0 aliphatic carbocycles. The van der Waals surface area contributed by atoms with Crippen LogP contribution in [0.5, 0.6) is 5.75 Å². The van der Waals surface area contributed by atoms with Gasteiger partial charge in [-0.3, -0.25) is 4.79 Å². The van der Waals surface area contributed by atoms with Crippen molar-refractivity contribution in [3.63, 3.8) is 0 Å². The number of carbonyl (C=O) groups excluding carboxylic acids is 1. The highest BCUT2D eigenvalue weighted by Crippen LogP contribution is 2.12. The van der Waals surface area contributed by atoms with Gasteiger partial charge in [0.05, 0.1) is 7.11 Å². The molecule has 2 rings (SSSR count). The lowest BCUT2D eigenvalue weighted by atomic mass is 10.1. The van der Waals surface area contributed by atoms with E-state index < -0.39 is 0 Å². The van der Waals surface area contributed by atoms with Crippen molar-refractivity contribution in [2.75, 3.05) is 7.11 Å². The molecule has 0 aliphatic rings. The van der Waals surface area contributed by atoms with E-state index in [0.29, 0.717) is 22.8 Å². The van der Waals surface area contributed by atoms with Crippen molar-refractivity contribution in [1.82, 2.24) is 5.32 Å². The van der Waals surface area contributed by atoms with E-state index in [9.17, 15) is 4.79 Å². The molecule has 25 heavy (non-hydrogen) atoms. The maximum Gasteiger partial charge on any atom is 0.256 e. The SMILES string of the molecule is COc1ccc(C/C(C)=N/N=C(\C)NC(=O)c2ccc(Cl)cc2)cc1. The number of nitrogens with zero attached hydrogens (tertiary/aromatic N) is 2. The fraction of sp³-hybridized carbons (Fsp3) is 0.211. The smallest absolute Gasteiger partial charge is 0.256 e. The molecule has 6 heteroatoms. The Bertz CT molecular complexity index is 781. The minimum Gasteiger partial charge on any atom is -0.497 e. The van der Waals surface area contributed by atoms with Gasteiger partial charge in [0.15, 0.2) is 0 Å². The molecular formula is C19H20ClN3O2. The summed E-state index contributed by atoms with van der Waals surface area (Å²) in [5, 5.41) is 11.5. The van der Waals surface area contributed by atoms with Crippen LogP contribution in [-0.4, -0.2) is 24.6 Å². The van der Waals surface area contributed by atoms with Gasteiger partial charge in [0, 0.05) is 22.7 Å². The summed E-state index contributed by atoms with van der Waals surface area (Å²) in [6.45, 7) is 3.58. The third-order valence-corrected chi connectivity index (χ3v) is 3.64. The summed E-state index contributed by atoms with van der Waals surface area (Å²) >= 11 is 5.81. The van der Waals surface area contributed by atoms with E-state index in [1.165, 1.54) is 0 Å². The Labute approximate surface area is 152 Å². The normalized spacial score (nSPS) is 12.0. The van der Waals surface area contributed by atoms with Crippen LogP contribution in [0.3, 0.4) is 0 Å². The zero-order chi connectivity index (χ0) is 18.2. The first kappa shape index (κ1) is 18.7. The minimum atomic E-state index is -0.249. The first-order valence-corrected chi connectivity index (χ1v) is 8.13. The second-order valence-corrected chi connectivity index (χ2v) is 5.94. The number of hydrogen-bond acceptors (Lipinski definition) is 4. The van der Waals surface area contributed by atoms with E-state index in [1.54, 1.807) is 38.3 Å². The van der Waals surface area contributed by atoms with E-state index >= 15 is 0 Å². The molecule has 0 bridgehead atoms. The summed E-state index contributed by atoms with van der Waals surface area (Å²) in [6, 6.07) is 14.4. The number of amidine groups is 1. The minimum absolute atomic E-state index is 0.249. The average Bonchev–Trinajstić information content (AvgIpc) is 2.61. The molecule has 0 saturated heterocycles. The van der Waals surface area contributed by atoms with Crippen molar-refractivity contribution >= 4 is 29.1 Å². The third kappa shape index (κ3) is 6.04. The van der Waals surface area contributed by atoms with Crippen LogP contribution >= 0.6 is 11.6 Å². The summed E-state index contributed by atoms with van der Waals surface area (Å²) in [5.41, 5.74) is 2.46. The van der Waals surface area contributed by atoms with Gasteiger partial charge >= 0.3 is 0 Å². The molecule has 1 amide bonds. The van der Waals surface area contributed by atoms with Crippen LogP contribution in [0.1, 0.15) is 29.8 Å². The third-order valence-electron chi connectivity index (χ3n) is 3.39. The first-order valence-electron chi connectivity index (χ1n) is 7.75. The molecule has 0 atom stereocenters. The Kier molecular flexibility index (Phi) is 6.71. The second kappa shape index (κ2) is 8.99. The molecule has 0 spiro atoms. The van der Waals surface area contributed by atoms with Crippen LogP contribution in [0.4, 0.5) is 0 Å². The van der Waals surface area contributed by atoms with E-state index in [1.807, 2.05) is 31.2 Å². The number of halogens is 1. The fourth-order valence-electron chi connectivity index (χ4n) is 2.10. The van der Waals surface area contributed by atoms with Gasteiger partial charge in [-0.1, -0.05) is 23.7 Å². The number of methoxy groups -OCH3 is 1. The molecule has 0 unspecified atom stereocenters. The number of hydrogen-bond donors (Lipinski definition) is 1. The highest BCUT2D eigenvalue weighted by Gasteiger charge is 2.06. The number of carbonyl (C=O) groups is 1. The summed E-state index contributed by atoms with van der Waals surface area (Å²) in [5.74, 6) is 0.993. The topological polar surface area (TPSA) is 63.1 Å². The summed E-state index contributed by atoms with van der Waals surface area (Å²) in [4.78, 5) is 12.1. The molecular weight excluding hydrogens is 338 g/mol. The lowest BCUT2D eigenvalue weighted by Gasteiger charge is -2.04. The van der Waals surface area contributed by atoms with Crippen molar-refractivity contribution in [2.45, 2.75) is 20.3 Å². The monoisotopic (exact) mass is 357 g/mol. The maximum atomic E-state index is 12.1. The van der Waals surface area contributed by atoms with Gasteiger partial charge in [0.2, 0.25) is 0 Å². The zero-order valence-electron chi connectivity index (χ0n) is 14.4. The fourth-order valence-corrected chi connectivity index (χ4v) is 2.22. The van der Waals surface area contributed by atoms with Crippen molar-refractivity contribution in [2.24, 2.45) is 10.2 Å². The van der Waals surface area contributed by atoms with Gasteiger partial charge in [-0.15, -0.1) is 5.10 Å². The molecule has 0 saturated carbocycles. The van der Waals surface area contributed by atoms with Gasteiger partial charge in [-0.05, 0) is 55.8 Å². The van der Waals surface area contributed by atoms with Crippen molar-refractivity contribution in [1.29, 1.82) is 0 Å². The molecule has 1 N–H and O–H groups in total. The van der Waals surface area contributed by atoms with Gasteiger partial charge in [-0.2, -0.15) is 5.10 Å². The molecule has 0 aromatic heterocycles. The molecule has 130 valence electrons. The lowest BCUT2D eigenvalue weighted by Crippen LogP contribution is -2.28. The Morgan fingerprint density at radius 1 is 1.04 bits per heavy atom. The van der Waals surface area contributed by atoms with Crippen LogP contribution in [-0.2, 0) is 6.42 Å². The quantitative estimate of drug-likeness (QED) is 0.497. The van der Waals surface area contributed by atoms with Crippen molar-refractivity contribution < 1.29 is 9.53 Å². The molecule has 0 radical (unpaired) electrons. The Hall–Kier alpha value is -2.66. The van der Waals surface area contributed by atoms with E-state index in [2.05, 4.69) is 15.5 Å². The molecule has 0 fully saturated rings. The number of benzene rings is 2. The Morgan fingerprint density at radius 2 is 1.68 bits per heavy atom. The number of nitrogens with one attached hydrogen (secondary N) is 1. The number of ether oxygens (including phenoxy) is 1. The summed E-state index contributed by atoms with van der Waals surface area (Å²) in [6.07, 6.45) is 0.673. The van der Waals surface area contributed by atoms with Gasteiger partial charge in [-0.25, -0.2) is 0 Å². The molecule has 2 aromatic rings. The Morgan fingerprint density at radius 3 is 2.28 bits per heavy atom. The molecule has 0 aliphatic heterocycles. The van der Waals surface area contributed by atoms with Gasteiger partial charge in [0.1, 0.15) is 11.6 Å². The maximum absolute atomic E-state index is 12.1. The molecule has 5 nitrogen and oxygen atoms in total. The highest BCUT2D eigenvalue weighted by molar-refractivity contribution is 6.30. The molecule has 2 aromatic carbocycles. The van der Waals surface area contributed by atoms with Crippen molar-refractivity contribution in [3.8, 4) is 5.75 Å². The first-order chi connectivity index (χ1) is 12.0. The highest BCUT2D eigenvalue weighted by atomic mass is 35.5. The van der Waals surface area contributed by atoms with Crippen LogP contribution < -0.4 is 10.1 Å². The average molecular weight is 358 g/mol. The van der Waals surface area contributed by atoms with Crippen LogP contribution in [0.25, 0.3) is 0 Å². The van der Waals surface area contributed by atoms with E-state index in [0.717, 1.165) is 17.0 Å². The van der Waals surface area contributed by atoms with Crippen LogP contribution in [0.2, 0.25) is 5.02 Å². The number of rotatable bonds is 5. The second-order valence-electron chi connectivity index (χ2n) is 5.51. The molecule has 0 heterocycles. The van der Waals surface area contributed by atoms with E-state index in [-0.39, 0.29) is 5.91 Å². The van der Waals surface area contributed by atoms with Crippen LogP contribution in [0.15, 0.2) is 58.7 Å². The van der Waals surface area contributed by atoms with Crippen LogP contribution in [0, 0.1) is 0 Å².